The van der Waals surface area contributed by atoms with Gasteiger partial charge in [0.05, 0.1) is 54.1 Å². The van der Waals surface area contributed by atoms with Crippen molar-refractivity contribution in [1.82, 2.24) is 9.97 Å². The van der Waals surface area contributed by atoms with Crippen LogP contribution in [0.15, 0.2) is 65.5 Å². The third-order valence-corrected chi connectivity index (χ3v) is 10.1. The van der Waals surface area contributed by atoms with Gasteiger partial charge in [0.15, 0.2) is 17.3 Å². The molecule has 5 aromatic rings. The van der Waals surface area contributed by atoms with Gasteiger partial charge in [-0.05, 0) is 83.6 Å². The van der Waals surface area contributed by atoms with Crippen LogP contribution in [0.1, 0.15) is 90.3 Å². The Morgan fingerprint density at radius 2 is 1.46 bits per heavy atom. The Morgan fingerprint density at radius 3 is 2.12 bits per heavy atom. The fourth-order valence-electron chi connectivity index (χ4n) is 7.49. The maximum absolute atomic E-state index is 14.0. The number of fused-ring (bicyclic) bond motifs is 4. The van der Waals surface area contributed by atoms with Gasteiger partial charge < -0.3 is 19.2 Å². The number of aromatic nitrogens is 2. The number of ether oxygens (including phenoxy) is 3. The number of methoxy groups -OCH3 is 1. The van der Waals surface area contributed by atoms with Gasteiger partial charge in [0.25, 0.3) is 17.4 Å². The number of ketones is 2. The smallest absolute Gasteiger partial charge is 0.266 e. The molecule has 4 aromatic carbocycles. The van der Waals surface area contributed by atoms with Gasteiger partial charge in [0.2, 0.25) is 0 Å². The molecule has 0 saturated heterocycles. The molecule has 8 rings (SSSR count). The van der Waals surface area contributed by atoms with Crippen molar-refractivity contribution in [3.05, 3.63) is 116 Å². The Labute approximate surface area is 297 Å². The monoisotopic (exact) mass is 696 g/mol. The first kappa shape index (κ1) is 33.1. The highest BCUT2D eigenvalue weighted by atomic mass is 16.5. The molecule has 1 N–H and O–H groups in total. The van der Waals surface area contributed by atoms with Crippen LogP contribution in [-0.2, 0) is 9.47 Å². The van der Waals surface area contributed by atoms with Crippen molar-refractivity contribution < 1.29 is 33.4 Å². The molecule has 0 radical (unpaired) electrons. The lowest BCUT2D eigenvalue weighted by Gasteiger charge is -2.21. The van der Waals surface area contributed by atoms with Gasteiger partial charge in [-0.25, -0.2) is 14.7 Å². The molecule has 2 aliphatic carbocycles. The van der Waals surface area contributed by atoms with Crippen molar-refractivity contribution in [2.24, 2.45) is 0 Å². The van der Waals surface area contributed by atoms with E-state index in [0.717, 1.165) is 36.1 Å². The highest BCUT2D eigenvalue weighted by Crippen LogP contribution is 2.42. The first-order chi connectivity index (χ1) is 25.3. The zero-order chi connectivity index (χ0) is 36.1. The van der Waals surface area contributed by atoms with E-state index in [0.29, 0.717) is 47.9 Å². The van der Waals surface area contributed by atoms with Crippen LogP contribution in [0.2, 0.25) is 0 Å². The number of Topliss-reactive ketones (excluding diaryl/α,β-unsaturated/α-hetero) is 2. The van der Waals surface area contributed by atoms with Gasteiger partial charge in [-0.2, -0.15) is 0 Å². The second-order valence-corrected chi connectivity index (χ2v) is 13.2. The number of nitrogens with zero attached hydrogens (tertiary/aromatic N) is 3. The van der Waals surface area contributed by atoms with Gasteiger partial charge in [-0.3, -0.25) is 24.0 Å². The number of anilines is 1. The fraction of sp³-hybridized carbons (Fsp3) is 0.275. The Hall–Kier alpha value is -6.03. The van der Waals surface area contributed by atoms with E-state index in [4.69, 9.17) is 20.8 Å². The average molecular weight is 697 g/mol. The molecule has 0 bridgehead atoms. The van der Waals surface area contributed by atoms with Gasteiger partial charge in [0.1, 0.15) is 24.1 Å². The summed E-state index contributed by atoms with van der Waals surface area (Å²) in [5.41, 5.74) is 1.96. The van der Waals surface area contributed by atoms with Crippen LogP contribution in [0.4, 0.5) is 11.4 Å². The van der Waals surface area contributed by atoms with E-state index in [9.17, 15) is 24.0 Å². The number of hydrogen-bond acceptors (Lipinski definition) is 9. The molecular weight excluding hydrogens is 664 g/mol. The number of H-pyrrole nitrogens is 1. The molecule has 1 aromatic heterocycles. The number of aromatic amines is 1. The predicted molar refractivity (Wildman–Crippen MR) is 191 cm³/mol. The van der Waals surface area contributed by atoms with Gasteiger partial charge in [-0.15, -0.1) is 0 Å². The van der Waals surface area contributed by atoms with Crippen LogP contribution in [0.25, 0.3) is 26.5 Å². The van der Waals surface area contributed by atoms with Crippen LogP contribution in [-0.4, -0.2) is 66.9 Å². The molecule has 1 saturated carbocycles. The van der Waals surface area contributed by atoms with Crippen molar-refractivity contribution in [2.75, 3.05) is 38.4 Å². The molecule has 2 heterocycles. The minimum atomic E-state index is -1.37. The lowest BCUT2D eigenvalue weighted by atomic mass is 9.97. The van der Waals surface area contributed by atoms with E-state index >= 15 is 0 Å². The molecule has 12 nitrogen and oxygen atoms in total. The average Bonchev–Trinajstić information content (AvgIpc) is 3.84. The van der Waals surface area contributed by atoms with Gasteiger partial charge >= 0.3 is 0 Å². The molecule has 3 aliphatic rings. The Bertz CT molecular complexity index is 2380. The third kappa shape index (κ3) is 5.55. The number of hydrogen-bond donors (Lipinski definition) is 1. The topological polar surface area (TPSA) is 149 Å². The van der Waals surface area contributed by atoms with Crippen molar-refractivity contribution in [1.29, 1.82) is 0 Å². The van der Waals surface area contributed by atoms with E-state index < -0.39 is 34.9 Å². The maximum Gasteiger partial charge on any atom is 0.266 e. The largest absolute Gasteiger partial charge is 0.489 e. The molecule has 2 amide bonds. The van der Waals surface area contributed by atoms with E-state index in [1.807, 2.05) is 12.1 Å². The number of rotatable bonds is 10. The summed E-state index contributed by atoms with van der Waals surface area (Å²) in [5, 5.41) is 1.16. The first-order valence-corrected chi connectivity index (χ1v) is 17.1. The molecule has 1 aliphatic heterocycles. The normalized spacial score (nSPS) is 16.0. The molecule has 0 unspecified atom stereocenters. The molecule has 260 valence electrons. The highest BCUT2D eigenvalue weighted by molar-refractivity contribution is 6.36. The fourth-order valence-corrected chi connectivity index (χ4v) is 7.49. The van der Waals surface area contributed by atoms with Crippen molar-refractivity contribution in [3.63, 3.8) is 0 Å². The van der Waals surface area contributed by atoms with Gasteiger partial charge in [0, 0.05) is 18.2 Å². The number of amides is 2. The molecule has 0 atom stereocenters. The van der Waals surface area contributed by atoms with E-state index in [2.05, 4.69) is 14.8 Å². The van der Waals surface area contributed by atoms with E-state index in [1.54, 1.807) is 37.4 Å². The lowest BCUT2D eigenvalue weighted by molar-refractivity contribution is 0.0544. The molecule has 12 heteroatoms. The predicted octanol–water partition coefficient (Wildman–Crippen LogP) is 6.29. The Balaban J connectivity index is 1.11. The van der Waals surface area contributed by atoms with Gasteiger partial charge in [-0.1, -0.05) is 25.0 Å². The number of benzene rings is 4. The van der Waals surface area contributed by atoms with Crippen molar-refractivity contribution in [2.45, 2.75) is 37.5 Å². The molecule has 52 heavy (non-hydrogen) atoms. The van der Waals surface area contributed by atoms with E-state index in [1.165, 1.54) is 18.2 Å². The maximum atomic E-state index is 14.0. The van der Waals surface area contributed by atoms with Crippen molar-refractivity contribution >= 4 is 56.4 Å². The number of carbonyl (C=O) groups excluding carboxylic acids is 4. The quantitative estimate of drug-likeness (QED) is 0.0770. The van der Waals surface area contributed by atoms with Crippen LogP contribution >= 0.6 is 0 Å². The number of carbonyl (C=O) groups is 4. The summed E-state index contributed by atoms with van der Waals surface area (Å²) in [6.45, 7) is 8.57. The van der Waals surface area contributed by atoms with Crippen LogP contribution in [0.3, 0.4) is 0 Å². The Kier molecular flexibility index (Phi) is 8.45. The molecular formula is C40H32N4O8. The molecule has 0 spiro atoms. The van der Waals surface area contributed by atoms with Crippen LogP contribution in [0.5, 0.6) is 5.75 Å². The minimum absolute atomic E-state index is 0.0923. The summed E-state index contributed by atoms with van der Waals surface area (Å²) in [5.74, 6) is -2.81. The standard InChI is InChI=1S/C40H32N4O8/c1-41-25-8-9-31-30(20-25)38(47)43-37(42-31)34-35(45)26-15-23-17-28-29(18-24(23)16-27(26)36(34)46)40(49)44(39(28)48)32-10-7-22(21-5-3-4-6-21)19-33(32)52-14-13-51-12-11-50-2/h7-10,15-21,34H,3-6,11-14H2,2H3,(H,42,43,47). The Morgan fingerprint density at radius 1 is 0.808 bits per heavy atom. The lowest BCUT2D eigenvalue weighted by Crippen LogP contribution is -2.30. The zero-order valence-electron chi connectivity index (χ0n) is 28.2. The van der Waals surface area contributed by atoms with Crippen LogP contribution < -0.4 is 15.2 Å². The number of nitrogens with one attached hydrogen (secondary N) is 1. The first-order valence-electron chi connectivity index (χ1n) is 17.1. The second kappa shape index (κ2) is 13.3. The van der Waals surface area contributed by atoms with Crippen LogP contribution in [0, 0.1) is 6.57 Å². The summed E-state index contributed by atoms with van der Waals surface area (Å²) < 4.78 is 16.7. The summed E-state index contributed by atoms with van der Waals surface area (Å²) >= 11 is 0. The SMILES string of the molecule is [C-]#[N+]c1ccc2nc(C3C(=O)c4cc5cc6c(cc5cc4C3=O)C(=O)N(c3ccc(C4CCCC4)cc3OCCOCCOC)C6=O)[nH]c(=O)c2c1. The van der Waals surface area contributed by atoms with Crippen molar-refractivity contribution in [3.8, 4) is 5.75 Å². The third-order valence-electron chi connectivity index (χ3n) is 10.1. The summed E-state index contributed by atoms with van der Waals surface area (Å²) in [6, 6.07) is 16.3. The zero-order valence-corrected chi connectivity index (χ0v) is 28.2. The van der Waals surface area contributed by atoms with E-state index in [-0.39, 0.29) is 51.3 Å². The summed E-state index contributed by atoms with van der Waals surface area (Å²) in [4.78, 5) is 79.8. The summed E-state index contributed by atoms with van der Waals surface area (Å²) in [7, 11) is 1.59. The minimum Gasteiger partial charge on any atom is -0.489 e. The highest BCUT2D eigenvalue weighted by Gasteiger charge is 2.43. The molecule has 1 fully saturated rings. The second-order valence-electron chi connectivity index (χ2n) is 13.2. The summed E-state index contributed by atoms with van der Waals surface area (Å²) in [6.07, 6.45) is 4.43. The number of imide groups is 1.